The van der Waals surface area contributed by atoms with E-state index in [9.17, 15) is 68.9 Å². The quantitative estimate of drug-likeness (QED) is 0.0253. The van der Waals surface area contributed by atoms with Crippen molar-refractivity contribution in [2.24, 2.45) is 0 Å². The molecule has 2 aliphatic rings. The van der Waals surface area contributed by atoms with E-state index in [-0.39, 0.29) is 76.9 Å². The molecule has 29 heteroatoms. The minimum absolute atomic E-state index is 0.000424. The molecule has 2 saturated heterocycles. The molecule has 28 nitrogen and oxygen atoms in total. The van der Waals surface area contributed by atoms with Gasteiger partial charge in [-0.25, -0.2) is 14.2 Å². The highest BCUT2D eigenvalue weighted by Gasteiger charge is 2.46. The molecule has 2 fully saturated rings. The van der Waals surface area contributed by atoms with Crippen LogP contribution in [0.3, 0.4) is 0 Å². The molecule has 0 aromatic rings. The largest absolute Gasteiger partial charge is 0.473 e. The molecule has 13 N–H and O–H groups in total. The summed E-state index contributed by atoms with van der Waals surface area (Å²) in [7, 11) is -4.77. The van der Waals surface area contributed by atoms with Crippen molar-refractivity contribution in [2.75, 3.05) is 65.8 Å². The number of carbonyl (C=O) groups excluding carboxylic acids is 6. The van der Waals surface area contributed by atoms with Crippen LogP contribution in [0, 0.1) is 0 Å². The van der Waals surface area contributed by atoms with Gasteiger partial charge < -0.3 is 95.9 Å². The van der Waals surface area contributed by atoms with Crippen LogP contribution in [-0.4, -0.2) is 210 Å². The Hall–Kier alpha value is -3.87. The molecule has 2 rings (SSSR count). The van der Waals surface area contributed by atoms with Crippen LogP contribution in [0.2, 0.25) is 0 Å². The summed E-state index contributed by atoms with van der Waals surface area (Å²) in [6, 6.07) is -2.21. The van der Waals surface area contributed by atoms with E-state index in [4.69, 9.17) is 37.5 Å². The number of phosphoric ester groups is 1. The molecule has 0 aromatic carbocycles. The zero-order chi connectivity index (χ0) is 51.0. The number of amides is 6. The number of phosphoric acid groups is 1. The molecule has 0 saturated carbocycles. The molecular formula is C39H71N6O22P. The van der Waals surface area contributed by atoms with E-state index < -0.39 is 131 Å². The number of alkyl carbamates (subject to hydrolysis) is 2. The van der Waals surface area contributed by atoms with E-state index in [1.54, 1.807) is 0 Å². The Kier molecular flexibility index (Phi) is 27.2. The molecule has 1 unspecified atom stereocenters. The number of aliphatic hydroxyl groups is 6. The van der Waals surface area contributed by atoms with E-state index in [0.29, 0.717) is 12.8 Å². The minimum Gasteiger partial charge on any atom is -0.447 e. The Morgan fingerprint density at radius 1 is 0.618 bits per heavy atom. The van der Waals surface area contributed by atoms with Gasteiger partial charge in [0.1, 0.15) is 68.0 Å². The van der Waals surface area contributed by atoms with Crippen molar-refractivity contribution >= 4 is 43.6 Å². The predicted molar refractivity (Wildman–Crippen MR) is 231 cm³/mol. The maximum absolute atomic E-state index is 12.7. The fourth-order valence-electron chi connectivity index (χ4n) is 6.38. The van der Waals surface area contributed by atoms with Crippen LogP contribution in [-0.2, 0) is 61.2 Å². The van der Waals surface area contributed by atoms with Gasteiger partial charge >= 0.3 is 20.0 Å². The summed E-state index contributed by atoms with van der Waals surface area (Å²) < 4.78 is 55.2. The Labute approximate surface area is 393 Å². The smallest absolute Gasteiger partial charge is 0.447 e. The normalized spacial score (nSPS) is 25.9. The molecule has 68 heavy (non-hydrogen) atoms. The number of aliphatic hydroxyl groups excluding tert-OH is 6. The average molecular weight is 1010 g/mol. The van der Waals surface area contributed by atoms with Crippen molar-refractivity contribution in [3.63, 3.8) is 0 Å². The molecule has 2 heterocycles. The Morgan fingerprint density at radius 3 is 1.35 bits per heavy atom. The van der Waals surface area contributed by atoms with Crippen LogP contribution in [0.1, 0.15) is 73.1 Å². The van der Waals surface area contributed by atoms with Crippen LogP contribution < -0.4 is 31.9 Å². The summed E-state index contributed by atoms with van der Waals surface area (Å²) in [5, 5.41) is 74.8. The fraction of sp³-hybridized carbons (Fsp3) is 0.846. The van der Waals surface area contributed by atoms with Gasteiger partial charge in [-0.3, -0.25) is 28.2 Å². The maximum Gasteiger partial charge on any atom is 0.473 e. The van der Waals surface area contributed by atoms with E-state index in [1.807, 2.05) is 0 Å². The molecular weight excluding hydrogens is 935 g/mol. The standard InChI is InChI=1S/C39H71N6O22P/c1-22(48)44-29-33(54)31(52)25(18-46)64-35(29)60-16-8-14-40-27(50)10-6-12-42-37(56)62-20-24(66-68(58,59)67-39(3,4)5)21-63-38(57)43-13-7-11-28(51)41-15-9-17-61-36-30(45-23(2)49)34(55)32(53)26(19-47)65-36/h24-26,29-36,46-47,52-55H,6-21H2,1-5H3,(H,40,50)(H,41,51)(H,42,56)(H,43,57)(H,44,48)(H,45,49)(H,58,59)/t25-,26-,29-,30-,31+,32+,33-,34-,35-,36-/m1/s1. The van der Waals surface area contributed by atoms with Crippen molar-refractivity contribution in [2.45, 2.75) is 146 Å². The Morgan fingerprint density at radius 2 is 1.00 bits per heavy atom. The SMILES string of the molecule is CC(=O)N[C@H]1[C@H](OCCCNC(=O)CCCNC(=O)OCC(COC(=O)NCCCC(=O)NCCCO[C@@H]2O[C@H](CO)[C@H](O)[C@H](O)[C@H]2NC(C)=O)OP(=O)(O)OC(C)(C)C)O[C@H](CO)[C@H](O)[C@@H]1O. The van der Waals surface area contributed by atoms with Crippen LogP contribution in [0.4, 0.5) is 9.59 Å². The van der Waals surface area contributed by atoms with Gasteiger partial charge in [-0.15, -0.1) is 0 Å². The van der Waals surface area contributed by atoms with E-state index in [1.165, 1.54) is 34.6 Å². The highest BCUT2D eigenvalue weighted by molar-refractivity contribution is 7.47. The summed E-state index contributed by atoms with van der Waals surface area (Å²) in [5.41, 5.74) is -1.13. The number of hydrogen-bond acceptors (Lipinski definition) is 21. The number of ether oxygens (including phenoxy) is 6. The topological polar surface area (TPSA) is 407 Å². The first-order valence-corrected chi connectivity index (χ1v) is 23.5. The molecule has 394 valence electrons. The van der Waals surface area contributed by atoms with Gasteiger partial charge in [0.05, 0.1) is 32.0 Å². The lowest BCUT2D eigenvalue weighted by atomic mass is 9.97. The van der Waals surface area contributed by atoms with E-state index in [2.05, 4.69) is 31.9 Å². The van der Waals surface area contributed by atoms with Crippen molar-refractivity contribution in [1.82, 2.24) is 31.9 Å². The van der Waals surface area contributed by atoms with Gasteiger partial charge in [0, 0.05) is 52.9 Å². The lowest BCUT2D eigenvalue weighted by Crippen LogP contribution is -2.64. The Balaban J connectivity index is 1.68. The lowest BCUT2D eigenvalue weighted by molar-refractivity contribution is -0.270. The summed E-state index contributed by atoms with van der Waals surface area (Å²) in [5.74, 6) is -1.72. The van der Waals surface area contributed by atoms with Crippen molar-refractivity contribution in [3.05, 3.63) is 0 Å². The zero-order valence-electron chi connectivity index (χ0n) is 38.9. The summed E-state index contributed by atoms with van der Waals surface area (Å²) >= 11 is 0. The maximum atomic E-state index is 12.7. The third kappa shape index (κ3) is 23.6. The van der Waals surface area contributed by atoms with E-state index in [0.717, 1.165) is 0 Å². The van der Waals surface area contributed by atoms with Gasteiger partial charge in [-0.1, -0.05) is 0 Å². The number of hydrogen-bond donors (Lipinski definition) is 13. The number of rotatable bonds is 29. The van der Waals surface area contributed by atoms with Crippen LogP contribution in [0.25, 0.3) is 0 Å². The lowest BCUT2D eigenvalue weighted by Gasteiger charge is -2.42. The first kappa shape index (κ1) is 60.3. The third-order valence-corrected chi connectivity index (χ3v) is 10.9. The first-order valence-electron chi connectivity index (χ1n) is 22.1. The van der Waals surface area contributed by atoms with E-state index >= 15 is 0 Å². The molecule has 11 atom stereocenters. The highest BCUT2D eigenvalue weighted by Crippen LogP contribution is 2.48. The van der Waals surface area contributed by atoms with Gasteiger partial charge in [-0.05, 0) is 46.5 Å². The minimum atomic E-state index is -4.77. The van der Waals surface area contributed by atoms with Crippen LogP contribution >= 0.6 is 7.82 Å². The van der Waals surface area contributed by atoms with Crippen molar-refractivity contribution < 1.29 is 106 Å². The Bertz CT molecular complexity index is 1530. The molecule has 0 radical (unpaired) electrons. The second kappa shape index (κ2) is 30.7. The molecule has 2 aliphatic heterocycles. The molecule has 0 aliphatic carbocycles. The number of nitrogens with one attached hydrogen (secondary N) is 6. The molecule has 6 amide bonds. The van der Waals surface area contributed by atoms with Crippen molar-refractivity contribution in [3.8, 4) is 0 Å². The summed E-state index contributed by atoms with van der Waals surface area (Å²) in [4.78, 5) is 82.8. The molecule has 0 spiro atoms. The zero-order valence-corrected chi connectivity index (χ0v) is 39.8. The summed E-state index contributed by atoms with van der Waals surface area (Å²) in [6.07, 6.45) is -13.0. The van der Waals surface area contributed by atoms with Crippen LogP contribution in [0.15, 0.2) is 0 Å². The van der Waals surface area contributed by atoms with Gasteiger partial charge in [0.2, 0.25) is 23.6 Å². The monoisotopic (exact) mass is 1010 g/mol. The number of carbonyl (C=O) groups is 6. The van der Waals surface area contributed by atoms with Gasteiger partial charge in [-0.2, -0.15) is 0 Å². The summed E-state index contributed by atoms with van der Waals surface area (Å²) in [6.45, 7) is 4.72. The predicted octanol–water partition coefficient (Wildman–Crippen LogP) is -3.77. The first-order chi connectivity index (χ1) is 32.0. The van der Waals surface area contributed by atoms with Gasteiger partial charge in [0.15, 0.2) is 12.6 Å². The second-order valence-corrected chi connectivity index (χ2v) is 18.0. The van der Waals surface area contributed by atoms with Gasteiger partial charge in [0.25, 0.3) is 0 Å². The van der Waals surface area contributed by atoms with Crippen molar-refractivity contribution in [1.29, 1.82) is 0 Å². The molecule has 0 bridgehead atoms. The molecule has 0 aromatic heterocycles. The third-order valence-electron chi connectivity index (χ3n) is 9.52. The highest BCUT2D eigenvalue weighted by atomic mass is 31.2. The fourth-order valence-corrected chi connectivity index (χ4v) is 7.62. The van der Waals surface area contributed by atoms with Crippen LogP contribution in [0.5, 0.6) is 0 Å². The average Bonchev–Trinajstić information content (AvgIpc) is 3.25. The second-order valence-electron chi connectivity index (χ2n) is 16.7.